The normalized spacial score (nSPS) is 12.7. The Morgan fingerprint density at radius 2 is 0.641 bits per heavy atom. The molecule has 0 spiro atoms. The Morgan fingerprint density at radius 3 is 1.03 bits per heavy atom. The summed E-state index contributed by atoms with van der Waals surface area (Å²) in [6.07, 6.45) is 67.0. The average Bonchev–Trinajstić information content (AvgIpc) is 3.29. The van der Waals surface area contributed by atoms with Crippen LogP contribution in [0.3, 0.4) is 0 Å². The van der Waals surface area contributed by atoms with Crippen molar-refractivity contribution in [3.63, 3.8) is 0 Å². The number of rotatable bonds is 47. The summed E-state index contributed by atoms with van der Waals surface area (Å²) in [6, 6.07) is 0. The van der Waals surface area contributed by atoms with E-state index in [0.29, 0.717) is 19.3 Å². The van der Waals surface area contributed by atoms with Crippen LogP contribution in [-0.2, 0) is 28.6 Å². The molecule has 0 saturated carbocycles. The van der Waals surface area contributed by atoms with Gasteiger partial charge >= 0.3 is 17.9 Å². The number of carbonyl (C=O) groups excluding carboxylic acids is 3. The smallest absolute Gasteiger partial charge is 0.306 e. The topological polar surface area (TPSA) is 78.9 Å². The Labute approximate surface area is 395 Å². The fourth-order valence-corrected chi connectivity index (χ4v) is 7.11. The van der Waals surface area contributed by atoms with Crippen LogP contribution in [0.5, 0.6) is 0 Å². The molecule has 0 rings (SSSR count). The molecule has 0 heterocycles. The first kappa shape index (κ1) is 60.6. The number of hydrogen-bond acceptors (Lipinski definition) is 6. The zero-order valence-corrected chi connectivity index (χ0v) is 41.8. The lowest BCUT2D eigenvalue weighted by Gasteiger charge is -2.18. The molecule has 1 atom stereocenters. The van der Waals surface area contributed by atoms with Crippen LogP contribution in [0.4, 0.5) is 0 Å². The molecule has 0 aliphatic carbocycles. The van der Waals surface area contributed by atoms with Gasteiger partial charge in [-0.1, -0.05) is 202 Å². The molecule has 0 fully saturated rings. The second kappa shape index (κ2) is 52.2. The molecule has 0 aromatic carbocycles. The largest absolute Gasteiger partial charge is 0.462 e. The van der Waals surface area contributed by atoms with Gasteiger partial charge in [-0.15, -0.1) is 0 Å². The van der Waals surface area contributed by atoms with Crippen LogP contribution in [-0.4, -0.2) is 37.2 Å². The van der Waals surface area contributed by atoms with Crippen molar-refractivity contribution in [2.45, 2.75) is 252 Å². The first-order valence-corrected chi connectivity index (χ1v) is 26.6. The van der Waals surface area contributed by atoms with E-state index in [1.807, 2.05) is 0 Å². The number of esters is 3. The van der Waals surface area contributed by atoms with Crippen molar-refractivity contribution in [1.82, 2.24) is 0 Å². The molecule has 0 N–H and O–H groups in total. The van der Waals surface area contributed by atoms with Crippen molar-refractivity contribution in [2.75, 3.05) is 13.2 Å². The molecule has 0 aliphatic heterocycles. The summed E-state index contributed by atoms with van der Waals surface area (Å²) in [5.41, 5.74) is 0. The highest BCUT2D eigenvalue weighted by Crippen LogP contribution is 2.14. The maximum Gasteiger partial charge on any atom is 0.306 e. The van der Waals surface area contributed by atoms with Gasteiger partial charge in [0.2, 0.25) is 0 Å². The van der Waals surface area contributed by atoms with Gasteiger partial charge in [0.25, 0.3) is 0 Å². The summed E-state index contributed by atoms with van der Waals surface area (Å²) in [4.78, 5) is 38.0. The number of carbonyl (C=O) groups is 3. The van der Waals surface area contributed by atoms with E-state index in [1.54, 1.807) is 0 Å². The minimum atomic E-state index is -0.792. The SMILES string of the molecule is CC/C=C\C/C=C\C/C=C\C/C=C\CCCCCCCCC(=O)OCC(COC(=O)CCCCCCC/C=C\C/C=C\CCC)OC(=O)CCCCCCC/C=C\CCCCCCC. The molecule has 6 nitrogen and oxygen atoms in total. The minimum absolute atomic E-state index is 0.0923. The van der Waals surface area contributed by atoms with Gasteiger partial charge in [-0.25, -0.2) is 0 Å². The summed E-state index contributed by atoms with van der Waals surface area (Å²) in [5.74, 6) is -0.927. The molecular weight excluding hydrogens is 793 g/mol. The summed E-state index contributed by atoms with van der Waals surface area (Å²) < 4.78 is 16.8. The van der Waals surface area contributed by atoms with E-state index in [0.717, 1.165) is 141 Å². The van der Waals surface area contributed by atoms with Crippen molar-refractivity contribution in [2.24, 2.45) is 0 Å². The minimum Gasteiger partial charge on any atom is -0.462 e. The first-order chi connectivity index (χ1) is 31.5. The fraction of sp³-hybridized carbons (Fsp3) is 0.707. The Bertz CT molecular complexity index is 1250. The Hall–Kier alpha value is -3.41. The Balaban J connectivity index is 4.42. The third-order valence-corrected chi connectivity index (χ3v) is 11.1. The number of allylic oxidation sites excluding steroid dienone is 14. The van der Waals surface area contributed by atoms with E-state index in [2.05, 4.69) is 106 Å². The Morgan fingerprint density at radius 1 is 0.328 bits per heavy atom. The highest BCUT2D eigenvalue weighted by molar-refractivity contribution is 5.71. The van der Waals surface area contributed by atoms with Gasteiger partial charge in [0, 0.05) is 19.3 Å². The standard InChI is InChI=1S/C58H98O6/c1-4-7-10-13-16-19-22-25-27-28-29-30-31-34-36-39-42-45-48-51-57(60)63-54-55(53-62-56(59)50-47-44-41-38-35-32-24-21-18-15-12-9-6-3)64-58(61)52-49-46-43-40-37-33-26-23-20-17-14-11-8-5-2/h7,10,12,15-16,19,21,23-27,29-30,55H,4-6,8-9,11,13-14,17-18,20,22,28,31-54H2,1-3H3/b10-7-,15-12-,19-16-,24-21-,26-23-,27-25-,30-29-. The highest BCUT2D eigenvalue weighted by Gasteiger charge is 2.19. The third-order valence-electron chi connectivity index (χ3n) is 11.1. The van der Waals surface area contributed by atoms with Crippen LogP contribution < -0.4 is 0 Å². The lowest BCUT2D eigenvalue weighted by atomic mass is 10.1. The van der Waals surface area contributed by atoms with Gasteiger partial charge in [0.15, 0.2) is 6.10 Å². The summed E-state index contributed by atoms with van der Waals surface area (Å²) in [6.45, 7) is 6.42. The molecule has 64 heavy (non-hydrogen) atoms. The van der Waals surface area contributed by atoms with Gasteiger partial charge in [0.1, 0.15) is 13.2 Å². The molecule has 6 heteroatoms. The highest BCUT2D eigenvalue weighted by atomic mass is 16.6. The molecule has 0 bridgehead atoms. The van der Waals surface area contributed by atoms with Crippen molar-refractivity contribution in [3.8, 4) is 0 Å². The molecule has 0 aromatic heterocycles. The molecule has 1 unspecified atom stereocenters. The summed E-state index contributed by atoms with van der Waals surface area (Å²) in [7, 11) is 0. The molecule has 0 saturated heterocycles. The van der Waals surface area contributed by atoms with E-state index in [-0.39, 0.29) is 31.1 Å². The van der Waals surface area contributed by atoms with Gasteiger partial charge in [-0.05, 0) is 109 Å². The zero-order valence-electron chi connectivity index (χ0n) is 41.8. The molecule has 0 aliphatic rings. The number of hydrogen-bond donors (Lipinski definition) is 0. The van der Waals surface area contributed by atoms with Crippen LogP contribution in [0.15, 0.2) is 85.1 Å². The van der Waals surface area contributed by atoms with Crippen molar-refractivity contribution in [1.29, 1.82) is 0 Å². The van der Waals surface area contributed by atoms with Gasteiger partial charge in [-0.3, -0.25) is 14.4 Å². The van der Waals surface area contributed by atoms with Crippen molar-refractivity contribution in [3.05, 3.63) is 85.1 Å². The molecular formula is C58H98O6. The molecule has 0 amide bonds. The van der Waals surface area contributed by atoms with Crippen LogP contribution >= 0.6 is 0 Å². The molecule has 0 aromatic rings. The van der Waals surface area contributed by atoms with E-state index in [4.69, 9.17) is 14.2 Å². The van der Waals surface area contributed by atoms with Gasteiger partial charge in [-0.2, -0.15) is 0 Å². The lowest BCUT2D eigenvalue weighted by Crippen LogP contribution is -2.30. The van der Waals surface area contributed by atoms with Crippen molar-refractivity contribution >= 4 is 17.9 Å². The van der Waals surface area contributed by atoms with Crippen LogP contribution in [0.2, 0.25) is 0 Å². The maximum atomic E-state index is 12.8. The quantitative estimate of drug-likeness (QED) is 0.0262. The van der Waals surface area contributed by atoms with Crippen LogP contribution in [0, 0.1) is 0 Å². The Kier molecular flexibility index (Phi) is 49.4. The van der Waals surface area contributed by atoms with E-state index in [1.165, 1.54) is 64.2 Å². The third kappa shape index (κ3) is 49.6. The second-order valence-corrected chi connectivity index (χ2v) is 17.4. The maximum absolute atomic E-state index is 12.8. The predicted octanol–water partition coefficient (Wildman–Crippen LogP) is 17.6. The second-order valence-electron chi connectivity index (χ2n) is 17.4. The predicted molar refractivity (Wildman–Crippen MR) is 274 cm³/mol. The first-order valence-electron chi connectivity index (χ1n) is 26.6. The summed E-state index contributed by atoms with van der Waals surface area (Å²) >= 11 is 0. The molecule has 0 radical (unpaired) electrons. The molecule has 366 valence electrons. The van der Waals surface area contributed by atoms with E-state index < -0.39 is 6.10 Å². The monoisotopic (exact) mass is 891 g/mol. The van der Waals surface area contributed by atoms with Crippen molar-refractivity contribution < 1.29 is 28.6 Å². The fourth-order valence-electron chi connectivity index (χ4n) is 7.11. The van der Waals surface area contributed by atoms with E-state index >= 15 is 0 Å². The summed E-state index contributed by atoms with van der Waals surface area (Å²) in [5, 5.41) is 0. The van der Waals surface area contributed by atoms with Crippen LogP contribution in [0.25, 0.3) is 0 Å². The number of ether oxygens (including phenoxy) is 3. The number of unbranched alkanes of at least 4 members (excludes halogenated alkanes) is 22. The van der Waals surface area contributed by atoms with E-state index in [9.17, 15) is 14.4 Å². The zero-order chi connectivity index (χ0) is 46.5. The van der Waals surface area contributed by atoms with Gasteiger partial charge < -0.3 is 14.2 Å². The van der Waals surface area contributed by atoms with Gasteiger partial charge in [0.05, 0.1) is 0 Å². The van der Waals surface area contributed by atoms with Crippen LogP contribution in [0.1, 0.15) is 245 Å². The lowest BCUT2D eigenvalue weighted by molar-refractivity contribution is -0.167. The average molecular weight is 891 g/mol.